The second kappa shape index (κ2) is 5.96. The third-order valence-electron chi connectivity index (χ3n) is 5.38. The second-order valence-corrected chi connectivity index (χ2v) is 16.5. The quantitative estimate of drug-likeness (QED) is 0.478. The molecule has 0 radical (unpaired) electrons. The van der Waals surface area contributed by atoms with Gasteiger partial charge in [0.2, 0.25) is 0 Å². The summed E-state index contributed by atoms with van der Waals surface area (Å²) >= 11 is 0. The van der Waals surface area contributed by atoms with Gasteiger partial charge in [0.15, 0.2) is 0 Å². The lowest BCUT2D eigenvalue weighted by Gasteiger charge is -2.31. The van der Waals surface area contributed by atoms with Crippen LogP contribution in [0.5, 0.6) is 0 Å². The summed E-state index contributed by atoms with van der Waals surface area (Å²) in [6.07, 6.45) is 14.5. The summed E-state index contributed by atoms with van der Waals surface area (Å²) < 4.78 is 0. The highest BCUT2D eigenvalue weighted by atomic mass is 28.3. The molecule has 2 aliphatic rings. The van der Waals surface area contributed by atoms with Crippen LogP contribution in [0.1, 0.15) is 12.8 Å². The molecule has 0 aromatic heterocycles. The highest BCUT2D eigenvalue weighted by Crippen LogP contribution is 2.56. The molecule has 0 aromatic carbocycles. The van der Waals surface area contributed by atoms with Crippen LogP contribution in [0.25, 0.3) is 0 Å². The van der Waals surface area contributed by atoms with E-state index in [2.05, 4.69) is 63.1 Å². The molecule has 5 unspecified atom stereocenters. The van der Waals surface area contributed by atoms with Gasteiger partial charge in [-0.2, -0.15) is 0 Å². The zero-order valence-electron chi connectivity index (χ0n) is 13.1. The minimum absolute atomic E-state index is 0.611. The van der Waals surface area contributed by atoms with Crippen LogP contribution in [-0.4, -0.2) is 16.9 Å². The van der Waals surface area contributed by atoms with Crippen molar-refractivity contribution < 1.29 is 0 Å². The molecule has 0 aliphatic heterocycles. The third kappa shape index (κ3) is 3.22. The summed E-state index contributed by atoms with van der Waals surface area (Å²) in [5, 5.41) is 0. The maximum atomic E-state index is 3.90. The maximum Gasteiger partial charge on any atom is 0.0479 e. The van der Waals surface area contributed by atoms with Crippen LogP contribution in [0.2, 0.25) is 43.3 Å². The van der Waals surface area contributed by atoms with Crippen molar-refractivity contribution in [2.24, 2.45) is 11.8 Å². The first-order valence-corrected chi connectivity index (χ1v) is 14.1. The van der Waals surface area contributed by atoms with Gasteiger partial charge in [0, 0.05) is 16.9 Å². The number of hydrogen-bond donors (Lipinski definition) is 0. The van der Waals surface area contributed by atoms with E-state index in [1.807, 2.05) is 0 Å². The Kier molecular flexibility index (Phi) is 4.72. The van der Waals surface area contributed by atoms with Crippen LogP contribution >= 0.6 is 0 Å². The largest absolute Gasteiger partial charge is 0.103 e. The number of fused-ring (bicyclic) bond motifs is 1. The van der Waals surface area contributed by atoms with Gasteiger partial charge in [0.25, 0.3) is 0 Å². The van der Waals surface area contributed by atoms with Gasteiger partial charge in [0.05, 0.1) is 0 Å². The topological polar surface area (TPSA) is 0 Å². The molecule has 0 nitrogen and oxygen atoms in total. The van der Waals surface area contributed by atoms with Crippen molar-refractivity contribution >= 4 is 16.9 Å². The fourth-order valence-corrected chi connectivity index (χ4v) is 10.0. The van der Waals surface area contributed by atoms with Crippen molar-refractivity contribution in [2.45, 2.75) is 56.2 Å². The van der Waals surface area contributed by atoms with E-state index in [1.165, 1.54) is 18.9 Å². The van der Waals surface area contributed by atoms with Crippen LogP contribution in [0.15, 0.2) is 37.0 Å². The van der Waals surface area contributed by atoms with Crippen LogP contribution in [0, 0.1) is 11.8 Å². The molecule has 19 heavy (non-hydrogen) atoms. The molecule has 0 saturated heterocycles. The van der Waals surface area contributed by atoms with Gasteiger partial charge < -0.3 is 0 Å². The Morgan fingerprint density at radius 3 is 2.42 bits per heavy atom. The molecular weight excluding hydrogens is 260 g/mol. The van der Waals surface area contributed by atoms with Crippen LogP contribution < -0.4 is 0 Å². The van der Waals surface area contributed by atoms with E-state index >= 15 is 0 Å². The Labute approximate surface area is 122 Å². The van der Waals surface area contributed by atoms with E-state index in [-0.39, 0.29) is 0 Å². The number of allylic oxidation sites excluding steroid dienone is 5. The number of hydrogen-bond acceptors (Lipinski definition) is 0. The fraction of sp³-hybridized carbons (Fsp3) is 0.647. The molecule has 2 heteroatoms. The summed E-state index contributed by atoms with van der Waals surface area (Å²) in [6, 6.07) is 1.45. The SMILES string of the molecule is C=CCC[SiH](C)C1CC([Si](C)(C)C)C2C=CC=CC21. The zero-order valence-corrected chi connectivity index (χ0v) is 15.3. The molecule has 106 valence electrons. The predicted octanol–water partition coefficient (Wildman–Crippen LogP) is 5.26. The Morgan fingerprint density at radius 2 is 1.84 bits per heavy atom. The van der Waals surface area contributed by atoms with Crippen molar-refractivity contribution in [3.63, 3.8) is 0 Å². The van der Waals surface area contributed by atoms with Gasteiger partial charge in [-0.15, -0.1) is 6.58 Å². The molecule has 0 spiro atoms. The molecule has 0 aromatic rings. The second-order valence-electron chi connectivity index (χ2n) is 7.64. The first-order chi connectivity index (χ1) is 8.95. The zero-order chi connectivity index (χ0) is 14.0. The van der Waals surface area contributed by atoms with E-state index in [9.17, 15) is 0 Å². The fourth-order valence-electron chi connectivity index (χ4n) is 4.22. The maximum absolute atomic E-state index is 3.90. The van der Waals surface area contributed by atoms with E-state index < -0.39 is 16.9 Å². The molecule has 2 rings (SSSR count). The van der Waals surface area contributed by atoms with Gasteiger partial charge in [-0.05, 0) is 29.3 Å². The van der Waals surface area contributed by atoms with Crippen LogP contribution in [-0.2, 0) is 0 Å². The van der Waals surface area contributed by atoms with Crippen molar-refractivity contribution in [1.29, 1.82) is 0 Å². The molecule has 0 bridgehead atoms. The average molecular weight is 291 g/mol. The van der Waals surface area contributed by atoms with E-state index in [4.69, 9.17) is 0 Å². The standard InChI is InChI=1S/C17H30Si2/c1-6-7-12-18(2)16-13-17(19(3,4)5)15-11-9-8-10-14(15)16/h6,8-11,14-18H,1,7,12-13H2,2-5H3. The molecule has 0 heterocycles. The Morgan fingerprint density at radius 1 is 1.21 bits per heavy atom. The van der Waals surface area contributed by atoms with Crippen molar-refractivity contribution in [2.75, 3.05) is 0 Å². The van der Waals surface area contributed by atoms with E-state index in [0.29, 0.717) is 0 Å². The lowest BCUT2D eigenvalue weighted by molar-refractivity contribution is 0.540. The monoisotopic (exact) mass is 290 g/mol. The Hall–Kier alpha value is -0.346. The molecule has 1 saturated carbocycles. The molecule has 1 fully saturated rings. The lowest BCUT2D eigenvalue weighted by Crippen LogP contribution is -2.31. The smallest absolute Gasteiger partial charge is 0.0479 e. The van der Waals surface area contributed by atoms with Gasteiger partial charge in [-0.3, -0.25) is 0 Å². The molecule has 0 N–H and O–H groups in total. The van der Waals surface area contributed by atoms with Crippen molar-refractivity contribution in [1.82, 2.24) is 0 Å². The highest BCUT2D eigenvalue weighted by Gasteiger charge is 2.47. The van der Waals surface area contributed by atoms with Gasteiger partial charge >= 0.3 is 0 Å². The Balaban J connectivity index is 2.15. The summed E-state index contributed by atoms with van der Waals surface area (Å²) in [5.74, 6) is 1.73. The normalized spacial score (nSPS) is 35.2. The highest BCUT2D eigenvalue weighted by molar-refractivity contribution is 6.78. The summed E-state index contributed by atoms with van der Waals surface area (Å²) in [7, 11) is -1.65. The van der Waals surface area contributed by atoms with Gasteiger partial charge in [-0.1, -0.05) is 69.0 Å². The molecule has 5 atom stereocenters. The van der Waals surface area contributed by atoms with Crippen molar-refractivity contribution in [3.05, 3.63) is 37.0 Å². The van der Waals surface area contributed by atoms with Gasteiger partial charge in [0.1, 0.15) is 0 Å². The summed E-state index contributed by atoms with van der Waals surface area (Å²) in [6.45, 7) is 14.2. The molecule has 2 aliphatic carbocycles. The van der Waals surface area contributed by atoms with Crippen LogP contribution in [0.4, 0.5) is 0 Å². The molecule has 0 amide bonds. The Bertz CT molecular complexity index is 375. The molecular formula is C17H30Si2. The predicted molar refractivity (Wildman–Crippen MR) is 93.4 cm³/mol. The third-order valence-corrected chi connectivity index (χ3v) is 11.6. The average Bonchev–Trinajstić information content (AvgIpc) is 2.75. The van der Waals surface area contributed by atoms with Crippen LogP contribution in [0.3, 0.4) is 0 Å². The van der Waals surface area contributed by atoms with Crippen molar-refractivity contribution in [3.8, 4) is 0 Å². The van der Waals surface area contributed by atoms with Gasteiger partial charge in [-0.25, -0.2) is 0 Å². The summed E-state index contributed by atoms with van der Waals surface area (Å²) in [5.41, 5.74) is 2.03. The first kappa shape index (κ1) is 15.1. The lowest BCUT2D eigenvalue weighted by atomic mass is 9.91. The first-order valence-electron chi connectivity index (χ1n) is 7.91. The number of rotatable bonds is 5. The summed E-state index contributed by atoms with van der Waals surface area (Å²) in [4.78, 5) is 0. The minimum Gasteiger partial charge on any atom is -0.103 e. The van der Waals surface area contributed by atoms with E-state index in [0.717, 1.165) is 22.9 Å². The van der Waals surface area contributed by atoms with E-state index in [1.54, 1.807) is 0 Å². The minimum atomic E-state index is -1.03.